The lowest BCUT2D eigenvalue weighted by Crippen LogP contribution is -2.15. The Morgan fingerprint density at radius 3 is 2.79 bits per heavy atom. The van der Waals surface area contributed by atoms with Gasteiger partial charge >= 0.3 is 5.97 Å². The summed E-state index contributed by atoms with van der Waals surface area (Å²) in [6.45, 7) is 1.86. The van der Waals surface area contributed by atoms with Gasteiger partial charge in [-0.25, -0.2) is 0 Å². The van der Waals surface area contributed by atoms with Crippen LogP contribution in [0.15, 0.2) is 18.2 Å². The summed E-state index contributed by atoms with van der Waals surface area (Å²) >= 11 is 5.77. The monoisotopic (exact) mass is 213 g/mol. The van der Waals surface area contributed by atoms with Crippen LogP contribution < -0.4 is 5.73 Å². The van der Waals surface area contributed by atoms with Gasteiger partial charge in [-0.15, -0.1) is 0 Å². The minimum atomic E-state index is -0.896. The number of hydrogen-bond acceptors (Lipinski definition) is 2. The fraction of sp³-hybridized carbons (Fsp3) is 0.300. The molecular weight excluding hydrogens is 202 g/mol. The predicted molar refractivity (Wildman–Crippen MR) is 55.4 cm³/mol. The fourth-order valence-corrected chi connectivity index (χ4v) is 1.58. The molecule has 0 radical (unpaired) electrons. The molecule has 0 aliphatic carbocycles. The number of benzene rings is 1. The minimum absolute atomic E-state index is 0.0670. The highest BCUT2D eigenvalue weighted by atomic mass is 35.5. The van der Waals surface area contributed by atoms with Crippen LogP contribution in [0.3, 0.4) is 0 Å². The molecule has 0 heterocycles. The van der Waals surface area contributed by atoms with Crippen molar-refractivity contribution >= 4 is 17.6 Å². The van der Waals surface area contributed by atoms with Gasteiger partial charge in [-0.1, -0.05) is 17.7 Å². The van der Waals surface area contributed by atoms with Crippen molar-refractivity contribution in [3.63, 3.8) is 0 Å². The second kappa shape index (κ2) is 4.44. The number of carbonyl (C=O) groups is 1. The molecule has 0 aliphatic heterocycles. The molecule has 0 aliphatic rings. The van der Waals surface area contributed by atoms with E-state index >= 15 is 0 Å². The van der Waals surface area contributed by atoms with Crippen molar-refractivity contribution < 1.29 is 9.90 Å². The molecule has 14 heavy (non-hydrogen) atoms. The van der Waals surface area contributed by atoms with E-state index in [9.17, 15) is 4.79 Å². The second-order valence-electron chi connectivity index (χ2n) is 3.21. The number of carboxylic acids is 1. The van der Waals surface area contributed by atoms with Crippen LogP contribution in [0.25, 0.3) is 0 Å². The topological polar surface area (TPSA) is 63.3 Å². The van der Waals surface area contributed by atoms with Gasteiger partial charge in [-0.05, 0) is 30.2 Å². The van der Waals surface area contributed by atoms with Gasteiger partial charge in [-0.3, -0.25) is 4.79 Å². The highest BCUT2D eigenvalue weighted by Crippen LogP contribution is 2.21. The molecule has 1 atom stereocenters. The Morgan fingerprint density at radius 2 is 2.29 bits per heavy atom. The average Bonchev–Trinajstić information content (AvgIpc) is 2.01. The molecule has 3 N–H and O–H groups in total. The molecule has 1 aromatic carbocycles. The number of carboxylic acid groups (broad SMARTS) is 1. The fourth-order valence-electron chi connectivity index (χ4n) is 1.35. The summed E-state index contributed by atoms with van der Waals surface area (Å²) in [5.74, 6) is -0.896. The minimum Gasteiger partial charge on any atom is -0.481 e. The van der Waals surface area contributed by atoms with Crippen LogP contribution in [0.2, 0.25) is 5.02 Å². The Labute approximate surface area is 87.5 Å². The van der Waals surface area contributed by atoms with Crippen LogP contribution in [0.1, 0.15) is 23.6 Å². The van der Waals surface area contributed by atoms with Gasteiger partial charge in [0, 0.05) is 11.1 Å². The van der Waals surface area contributed by atoms with E-state index in [1.807, 2.05) is 6.92 Å². The lowest BCUT2D eigenvalue weighted by Gasteiger charge is -2.12. The number of nitrogens with two attached hydrogens (primary N) is 1. The van der Waals surface area contributed by atoms with E-state index in [1.54, 1.807) is 18.2 Å². The van der Waals surface area contributed by atoms with E-state index in [0.717, 1.165) is 11.1 Å². The summed E-state index contributed by atoms with van der Waals surface area (Å²) in [5, 5.41) is 9.22. The zero-order valence-electron chi connectivity index (χ0n) is 7.83. The first-order valence-corrected chi connectivity index (χ1v) is 4.62. The van der Waals surface area contributed by atoms with E-state index in [0.29, 0.717) is 5.02 Å². The Morgan fingerprint density at radius 1 is 1.64 bits per heavy atom. The van der Waals surface area contributed by atoms with E-state index in [1.165, 1.54) is 0 Å². The Bertz CT molecular complexity index is 352. The van der Waals surface area contributed by atoms with Gasteiger partial charge in [0.15, 0.2) is 0 Å². The van der Waals surface area contributed by atoms with Crippen molar-refractivity contribution in [2.45, 2.75) is 19.4 Å². The molecule has 0 unspecified atom stereocenters. The van der Waals surface area contributed by atoms with Gasteiger partial charge in [0.2, 0.25) is 0 Å². The first-order chi connectivity index (χ1) is 6.50. The van der Waals surface area contributed by atoms with Gasteiger partial charge in [0.1, 0.15) is 0 Å². The van der Waals surface area contributed by atoms with Crippen LogP contribution in [-0.4, -0.2) is 11.1 Å². The van der Waals surface area contributed by atoms with Crippen molar-refractivity contribution in [2.75, 3.05) is 0 Å². The van der Waals surface area contributed by atoms with Gasteiger partial charge in [-0.2, -0.15) is 0 Å². The number of halogens is 1. The molecule has 0 amide bonds. The van der Waals surface area contributed by atoms with Gasteiger partial charge in [0.05, 0.1) is 6.42 Å². The van der Waals surface area contributed by atoms with Crippen molar-refractivity contribution in [3.8, 4) is 0 Å². The zero-order chi connectivity index (χ0) is 10.7. The molecule has 0 saturated carbocycles. The largest absolute Gasteiger partial charge is 0.481 e. The molecule has 3 nitrogen and oxygen atoms in total. The molecular formula is C10H12ClNO2. The number of rotatable bonds is 3. The smallest absolute Gasteiger partial charge is 0.305 e. The van der Waals surface area contributed by atoms with E-state index < -0.39 is 12.0 Å². The van der Waals surface area contributed by atoms with E-state index in [-0.39, 0.29) is 6.42 Å². The third-order valence-corrected chi connectivity index (χ3v) is 2.26. The molecule has 0 bridgehead atoms. The molecule has 0 spiro atoms. The first-order valence-electron chi connectivity index (χ1n) is 4.24. The summed E-state index contributed by atoms with van der Waals surface area (Å²) in [6, 6.07) is 4.79. The summed E-state index contributed by atoms with van der Waals surface area (Å²) in [4.78, 5) is 10.5. The van der Waals surface area contributed by atoms with Gasteiger partial charge < -0.3 is 10.8 Å². The Kier molecular flexibility index (Phi) is 3.49. The molecule has 4 heteroatoms. The average molecular weight is 214 g/mol. The molecule has 0 aromatic heterocycles. The maximum atomic E-state index is 10.5. The first kappa shape index (κ1) is 11.0. The SMILES string of the molecule is Cc1cc(Cl)ccc1[C@H](N)CC(=O)O. The Hall–Kier alpha value is -1.06. The predicted octanol–water partition coefficient (Wildman–Crippen LogP) is 2.12. The van der Waals surface area contributed by atoms with E-state index in [4.69, 9.17) is 22.4 Å². The van der Waals surface area contributed by atoms with Gasteiger partial charge in [0.25, 0.3) is 0 Å². The van der Waals surface area contributed by atoms with Crippen LogP contribution in [0.5, 0.6) is 0 Å². The lowest BCUT2D eigenvalue weighted by atomic mass is 10.00. The molecule has 1 aromatic rings. The maximum absolute atomic E-state index is 10.5. The lowest BCUT2D eigenvalue weighted by molar-refractivity contribution is -0.137. The van der Waals surface area contributed by atoms with Crippen molar-refractivity contribution in [3.05, 3.63) is 34.3 Å². The second-order valence-corrected chi connectivity index (χ2v) is 3.64. The highest BCUT2D eigenvalue weighted by molar-refractivity contribution is 6.30. The third kappa shape index (κ3) is 2.72. The summed E-state index contributed by atoms with van der Waals surface area (Å²) in [7, 11) is 0. The number of aliphatic carboxylic acids is 1. The highest BCUT2D eigenvalue weighted by Gasteiger charge is 2.12. The number of aryl methyl sites for hydroxylation is 1. The third-order valence-electron chi connectivity index (χ3n) is 2.03. The maximum Gasteiger partial charge on any atom is 0.305 e. The zero-order valence-corrected chi connectivity index (χ0v) is 8.58. The molecule has 1 rings (SSSR count). The summed E-state index contributed by atoms with van der Waals surface area (Å²) < 4.78 is 0. The molecule has 76 valence electrons. The summed E-state index contributed by atoms with van der Waals surface area (Å²) in [6.07, 6.45) is -0.0670. The number of hydrogen-bond donors (Lipinski definition) is 2. The van der Waals surface area contributed by atoms with Crippen molar-refractivity contribution in [1.29, 1.82) is 0 Å². The van der Waals surface area contributed by atoms with Crippen LogP contribution >= 0.6 is 11.6 Å². The van der Waals surface area contributed by atoms with E-state index in [2.05, 4.69) is 0 Å². The molecule has 0 saturated heterocycles. The normalized spacial score (nSPS) is 12.5. The van der Waals surface area contributed by atoms with Crippen LogP contribution in [0, 0.1) is 6.92 Å². The Balaban J connectivity index is 2.90. The summed E-state index contributed by atoms with van der Waals surface area (Å²) in [5.41, 5.74) is 7.48. The van der Waals surface area contributed by atoms with Crippen molar-refractivity contribution in [2.24, 2.45) is 5.73 Å². The van der Waals surface area contributed by atoms with Crippen LogP contribution in [0.4, 0.5) is 0 Å². The standard InChI is InChI=1S/C10H12ClNO2/c1-6-4-7(11)2-3-8(6)9(12)5-10(13)14/h2-4,9H,5,12H2,1H3,(H,13,14)/t9-/m1/s1. The molecule has 0 fully saturated rings. The van der Waals surface area contributed by atoms with Crippen molar-refractivity contribution in [1.82, 2.24) is 0 Å². The van der Waals surface area contributed by atoms with Crippen LogP contribution in [-0.2, 0) is 4.79 Å². The quantitative estimate of drug-likeness (QED) is 0.809.